The van der Waals surface area contributed by atoms with E-state index in [1.165, 1.54) is 0 Å². The van der Waals surface area contributed by atoms with E-state index < -0.39 is 0 Å². The van der Waals surface area contributed by atoms with Crippen molar-refractivity contribution in [2.75, 3.05) is 13.2 Å². The second-order valence-corrected chi connectivity index (χ2v) is 3.60. The maximum absolute atomic E-state index is 5.44. The summed E-state index contributed by atoms with van der Waals surface area (Å²) in [5.74, 6) is 1.09. The molecule has 0 aliphatic carbocycles. The zero-order chi connectivity index (χ0) is 11.6. The molecule has 0 aromatic carbocycles. The Morgan fingerprint density at radius 1 is 0.938 bits per heavy atom. The van der Waals surface area contributed by atoms with E-state index in [9.17, 15) is 0 Å². The summed E-state index contributed by atoms with van der Waals surface area (Å²) in [5.41, 5.74) is 0. The van der Waals surface area contributed by atoms with E-state index in [2.05, 4.69) is 23.8 Å². The number of rotatable bonds is 8. The molecule has 16 heavy (non-hydrogen) atoms. The lowest BCUT2D eigenvalue weighted by Crippen LogP contribution is -2.02. The summed E-state index contributed by atoms with van der Waals surface area (Å²) in [7, 11) is 0. The van der Waals surface area contributed by atoms with Gasteiger partial charge >= 0.3 is 0 Å². The van der Waals surface area contributed by atoms with E-state index in [-0.39, 0.29) is 0 Å². The van der Waals surface area contributed by atoms with Gasteiger partial charge in [-0.25, -0.2) is 0 Å². The van der Waals surface area contributed by atoms with Crippen LogP contribution >= 0.6 is 0 Å². The molecular weight excluding hydrogens is 204 g/mol. The van der Waals surface area contributed by atoms with E-state index in [1.54, 1.807) is 12.4 Å². The van der Waals surface area contributed by atoms with E-state index in [1.807, 2.05) is 0 Å². The van der Waals surface area contributed by atoms with Crippen LogP contribution in [0.3, 0.4) is 0 Å². The van der Waals surface area contributed by atoms with E-state index in [4.69, 9.17) is 9.47 Å². The molecule has 0 spiro atoms. The van der Waals surface area contributed by atoms with Crippen molar-refractivity contribution < 1.29 is 9.47 Å². The summed E-state index contributed by atoms with van der Waals surface area (Å²) in [6.45, 7) is 5.62. The van der Waals surface area contributed by atoms with Gasteiger partial charge in [0.25, 0.3) is 0 Å². The summed E-state index contributed by atoms with van der Waals surface area (Å²) in [6, 6.07) is 0. The molecule has 0 bridgehead atoms. The van der Waals surface area contributed by atoms with Gasteiger partial charge in [-0.15, -0.1) is 0 Å². The van der Waals surface area contributed by atoms with Crippen molar-refractivity contribution in [2.24, 2.45) is 0 Å². The van der Waals surface area contributed by atoms with Crippen LogP contribution < -0.4 is 9.47 Å². The van der Waals surface area contributed by atoms with Crippen LogP contribution in [0.25, 0.3) is 0 Å². The number of hydrogen-bond donors (Lipinski definition) is 0. The first-order valence-electron chi connectivity index (χ1n) is 5.94. The Bertz CT molecular complexity index is 267. The van der Waals surface area contributed by atoms with Gasteiger partial charge in [0, 0.05) is 0 Å². The minimum atomic E-state index is 0.544. The number of hydrogen-bond acceptors (Lipinski definition) is 4. The molecule has 0 radical (unpaired) electrons. The van der Waals surface area contributed by atoms with E-state index >= 15 is 0 Å². The smallest absolute Gasteiger partial charge is 0.235 e. The highest BCUT2D eigenvalue weighted by Gasteiger charge is 2.00. The minimum Gasteiger partial charge on any atom is -0.476 e. The lowest BCUT2D eigenvalue weighted by atomic mass is 10.4. The molecule has 1 rings (SSSR count). The highest BCUT2D eigenvalue weighted by atomic mass is 16.5. The van der Waals surface area contributed by atoms with Crippen molar-refractivity contribution in [1.29, 1.82) is 0 Å². The topological polar surface area (TPSA) is 44.2 Å². The van der Waals surface area contributed by atoms with Crippen LogP contribution in [0.5, 0.6) is 11.8 Å². The van der Waals surface area contributed by atoms with Gasteiger partial charge in [0.15, 0.2) is 0 Å². The molecule has 1 aromatic heterocycles. The average Bonchev–Trinajstić information content (AvgIpc) is 2.30. The van der Waals surface area contributed by atoms with Gasteiger partial charge in [-0.1, -0.05) is 26.7 Å². The Morgan fingerprint density at radius 3 is 1.88 bits per heavy atom. The molecule has 0 aliphatic rings. The van der Waals surface area contributed by atoms with Crippen molar-refractivity contribution in [3.8, 4) is 11.8 Å². The fraction of sp³-hybridized carbons (Fsp3) is 0.667. The Hall–Kier alpha value is -1.32. The third-order valence-electron chi connectivity index (χ3n) is 2.09. The summed E-state index contributed by atoms with van der Waals surface area (Å²) < 4.78 is 10.9. The van der Waals surface area contributed by atoms with Crippen molar-refractivity contribution in [1.82, 2.24) is 9.97 Å². The zero-order valence-electron chi connectivity index (χ0n) is 10.1. The molecule has 4 heteroatoms. The predicted octanol–water partition coefficient (Wildman–Crippen LogP) is 2.83. The Labute approximate surface area is 97.0 Å². The fourth-order valence-electron chi connectivity index (χ4n) is 1.11. The largest absolute Gasteiger partial charge is 0.476 e. The van der Waals surface area contributed by atoms with Crippen LogP contribution in [0, 0.1) is 0 Å². The first kappa shape index (κ1) is 12.7. The quantitative estimate of drug-likeness (QED) is 0.637. The Balaban J connectivity index is 2.37. The predicted molar refractivity (Wildman–Crippen MR) is 62.8 cm³/mol. The summed E-state index contributed by atoms with van der Waals surface area (Å²) in [4.78, 5) is 8.24. The molecule has 1 heterocycles. The second kappa shape index (κ2) is 7.91. The molecule has 4 nitrogen and oxygen atoms in total. The number of unbranched alkanes of at least 4 members (excludes halogenated alkanes) is 2. The standard InChI is InChI=1S/C12H20N2O2/c1-3-5-7-15-11-9-13-10-12(14-11)16-8-6-4-2/h9-10H,3-8H2,1-2H3. The number of aromatic nitrogens is 2. The van der Waals surface area contributed by atoms with E-state index in [0.717, 1.165) is 25.7 Å². The van der Waals surface area contributed by atoms with Gasteiger partial charge in [-0.2, -0.15) is 4.98 Å². The normalized spacial score (nSPS) is 10.1. The van der Waals surface area contributed by atoms with Gasteiger partial charge in [0.05, 0.1) is 25.6 Å². The summed E-state index contributed by atoms with van der Waals surface area (Å²) in [6.07, 6.45) is 7.51. The van der Waals surface area contributed by atoms with Crippen molar-refractivity contribution in [3.05, 3.63) is 12.4 Å². The molecule has 0 atom stereocenters. The number of nitrogens with zero attached hydrogens (tertiary/aromatic N) is 2. The van der Waals surface area contributed by atoms with Gasteiger partial charge in [0.2, 0.25) is 11.8 Å². The highest BCUT2D eigenvalue weighted by Crippen LogP contribution is 2.11. The molecule has 0 N–H and O–H groups in total. The molecule has 1 aromatic rings. The van der Waals surface area contributed by atoms with Crippen LogP contribution in [0.2, 0.25) is 0 Å². The lowest BCUT2D eigenvalue weighted by Gasteiger charge is -2.06. The third-order valence-corrected chi connectivity index (χ3v) is 2.09. The SMILES string of the molecule is CCCCOc1cncc(OCCCC)n1. The molecule has 0 fully saturated rings. The second-order valence-electron chi connectivity index (χ2n) is 3.60. The monoisotopic (exact) mass is 224 g/mol. The molecule has 0 aliphatic heterocycles. The number of ether oxygens (including phenoxy) is 2. The van der Waals surface area contributed by atoms with Crippen molar-refractivity contribution in [3.63, 3.8) is 0 Å². The van der Waals surface area contributed by atoms with Gasteiger partial charge < -0.3 is 9.47 Å². The van der Waals surface area contributed by atoms with Crippen LogP contribution in [0.15, 0.2) is 12.4 Å². The maximum Gasteiger partial charge on any atom is 0.235 e. The maximum atomic E-state index is 5.44. The van der Waals surface area contributed by atoms with Crippen molar-refractivity contribution >= 4 is 0 Å². The average molecular weight is 224 g/mol. The van der Waals surface area contributed by atoms with Crippen LogP contribution in [0.4, 0.5) is 0 Å². The summed E-state index contributed by atoms with van der Waals surface area (Å²) in [5, 5.41) is 0. The molecule has 0 saturated heterocycles. The molecule has 0 saturated carbocycles. The highest BCUT2D eigenvalue weighted by molar-refractivity contribution is 5.12. The Kier molecular flexibility index (Phi) is 6.30. The first-order valence-corrected chi connectivity index (χ1v) is 5.94. The van der Waals surface area contributed by atoms with Crippen molar-refractivity contribution in [2.45, 2.75) is 39.5 Å². The van der Waals surface area contributed by atoms with Gasteiger partial charge in [0.1, 0.15) is 0 Å². The lowest BCUT2D eigenvalue weighted by molar-refractivity contribution is 0.270. The van der Waals surface area contributed by atoms with Crippen LogP contribution in [-0.2, 0) is 0 Å². The van der Waals surface area contributed by atoms with Gasteiger partial charge in [-0.05, 0) is 12.8 Å². The molecule has 0 amide bonds. The first-order chi connectivity index (χ1) is 7.86. The third kappa shape index (κ3) is 4.96. The van der Waals surface area contributed by atoms with Gasteiger partial charge in [-0.3, -0.25) is 4.98 Å². The molecule has 0 unspecified atom stereocenters. The van der Waals surface area contributed by atoms with Crippen LogP contribution in [-0.4, -0.2) is 23.2 Å². The molecular formula is C12H20N2O2. The zero-order valence-corrected chi connectivity index (χ0v) is 10.1. The van der Waals surface area contributed by atoms with E-state index in [0.29, 0.717) is 25.0 Å². The summed E-state index contributed by atoms with van der Waals surface area (Å²) >= 11 is 0. The Morgan fingerprint density at radius 2 is 1.44 bits per heavy atom. The minimum absolute atomic E-state index is 0.544. The molecule has 90 valence electrons. The fourth-order valence-corrected chi connectivity index (χ4v) is 1.11. The van der Waals surface area contributed by atoms with Crippen LogP contribution in [0.1, 0.15) is 39.5 Å².